The van der Waals surface area contributed by atoms with E-state index in [2.05, 4.69) is 41.6 Å². The van der Waals surface area contributed by atoms with Crippen LogP contribution in [0.3, 0.4) is 0 Å². The van der Waals surface area contributed by atoms with Gasteiger partial charge in [0.15, 0.2) is 10.8 Å². The number of ether oxygens (including phenoxy) is 2. The highest BCUT2D eigenvalue weighted by atomic mass is 32.1. The fourth-order valence-corrected chi connectivity index (χ4v) is 4.04. The molecule has 0 saturated carbocycles. The number of nitrogens with one attached hydrogen (secondary N) is 4. The Kier molecular flexibility index (Phi) is 10.4. The van der Waals surface area contributed by atoms with Crippen LogP contribution in [0.2, 0.25) is 0 Å². The Hall–Kier alpha value is -4.81. The fourth-order valence-electron chi connectivity index (χ4n) is 3.36. The highest BCUT2D eigenvalue weighted by molar-refractivity contribution is 7.14. The summed E-state index contributed by atoms with van der Waals surface area (Å²) < 4.78 is 10.4. The number of amides is 4. The number of carbonyl (C=O) groups excluding carboxylic acids is 4. The van der Waals surface area contributed by atoms with E-state index in [1.807, 2.05) is 0 Å². The maximum atomic E-state index is 13.4. The third kappa shape index (κ3) is 10.4. The molecule has 2 aromatic rings. The molecule has 5 N–H and O–H groups in total. The second-order valence-electron chi connectivity index (χ2n) is 12.3. The topological polar surface area (TPSA) is 237 Å². The lowest BCUT2D eigenvalue weighted by Gasteiger charge is -2.36. The van der Waals surface area contributed by atoms with Crippen molar-refractivity contribution in [2.75, 3.05) is 5.32 Å². The molecule has 2 atom stereocenters. The van der Waals surface area contributed by atoms with Crippen molar-refractivity contribution in [2.45, 2.75) is 97.4 Å². The number of anilines is 1. The quantitative estimate of drug-likeness (QED) is 0.132. The Morgan fingerprint density at radius 3 is 2.31 bits per heavy atom. The lowest BCUT2D eigenvalue weighted by Crippen LogP contribution is -2.70. The van der Waals surface area contributed by atoms with Gasteiger partial charge in [0.2, 0.25) is 11.5 Å². The number of thiazole rings is 1. The van der Waals surface area contributed by atoms with Gasteiger partial charge in [-0.15, -0.1) is 11.3 Å². The van der Waals surface area contributed by atoms with Gasteiger partial charge in [0.25, 0.3) is 5.91 Å². The number of alkyl carbamates (subject to hydrolysis) is 1. The van der Waals surface area contributed by atoms with Crippen LogP contribution in [0.5, 0.6) is 0 Å². The lowest BCUT2D eigenvalue weighted by atomic mass is 9.98. The molecule has 0 spiro atoms. The molecule has 0 aromatic carbocycles. The number of oxime groups is 1. The summed E-state index contributed by atoms with van der Waals surface area (Å²) in [6, 6.07) is -1.67. The average Bonchev–Trinajstić information content (AvgIpc) is 3.53. The number of carboxylic acid groups (broad SMARTS) is 1. The summed E-state index contributed by atoms with van der Waals surface area (Å²) in [5, 5.41) is 33.2. The summed E-state index contributed by atoms with van der Waals surface area (Å²) in [5.41, 5.74) is -3.31. The normalized spacial score (nSPS) is 17.0. The molecule has 18 nitrogen and oxygen atoms in total. The minimum absolute atomic E-state index is 0.0526. The van der Waals surface area contributed by atoms with E-state index >= 15 is 0 Å². The number of aromatic nitrogens is 4. The van der Waals surface area contributed by atoms with Crippen molar-refractivity contribution in [3.05, 3.63) is 23.0 Å². The van der Waals surface area contributed by atoms with Crippen LogP contribution in [-0.2, 0) is 41.8 Å². The van der Waals surface area contributed by atoms with E-state index < -0.39 is 64.6 Å². The van der Waals surface area contributed by atoms with E-state index in [1.165, 1.54) is 30.2 Å². The Bertz CT molecular complexity index is 1470. The molecule has 0 aliphatic carbocycles. The second kappa shape index (κ2) is 13.4. The molecule has 246 valence electrons. The molecular weight excluding hydrogens is 614 g/mol. The van der Waals surface area contributed by atoms with Crippen molar-refractivity contribution in [3.8, 4) is 0 Å². The lowest BCUT2D eigenvalue weighted by molar-refractivity contribution is -0.161. The van der Waals surface area contributed by atoms with E-state index in [4.69, 9.17) is 14.3 Å². The van der Waals surface area contributed by atoms with Gasteiger partial charge in [-0.1, -0.05) is 5.16 Å². The van der Waals surface area contributed by atoms with Gasteiger partial charge in [0.1, 0.15) is 28.6 Å². The van der Waals surface area contributed by atoms with Gasteiger partial charge in [0, 0.05) is 5.38 Å². The fraction of sp³-hybridized carbons (Fsp3) is 0.577. The Morgan fingerprint density at radius 2 is 1.71 bits per heavy atom. The van der Waals surface area contributed by atoms with Crippen LogP contribution in [-0.4, -0.2) is 89.7 Å². The van der Waals surface area contributed by atoms with Crippen LogP contribution >= 0.6 is 11.3 Å². The zero-order valence-electron chi connectivity index (χ0n) is 26.1. The molecule has 19 heteroatoms. The smallest absolute Gasteiger partial charge is 0.413 e. The number of carboxylic acids is 1. The number of aliphatic carboxylic acids is 1. The molecular formula is C26H37N9O9S. The molecule has 4 amide bonds. The van der Waals surface area contributed by atoms with Crippen molar-refractivity contribution in [3.63, 3.8) is 0 Å². The predicted octanol–water partition coefficient (Wildman–Crippen LogP) is 1.37. The second-order valence-corrected chi connectivity index (χ2v) is 13.2. The maximum absolute atomic E-state index is 13.4. The molecule has 45 heavy (non-hydrogen) atoms. The number of β-lactam (4-membered cyclic amide) rings is 1. The highest BCUT2D eigenvalue weighted by Gasteiger charge is 2.42. The van der Waals surface area contributed by atoms with Crippen molar-refractivity contribution >= 4 is 52.2 Å². The van der Waals surface area contributed by atoms with E-state index in [0.717, 1.165) is 11.3 Å². The highest BCUT2D eigenvalue weighted by Crippen LogP contribution is 2.20. The number of nitrogens with zero attached hydrogens (tertiary/aromatic N) is 5. The van der Waals surface area contributed by atoms with E-state index in [-0.39, 0.29) is 23.9 Å². The van der Waals surface area contributed by atoms with E-state index in [9.17, 15) is 29.1 Å². The number of rotatable bonds is 11. The first-order chi connectivity index (χ1) is 20.7. The molecule has 3 heterocycles. The van der Waals surface area contributed by atoms with Gasteiger partial charge in [-0.25, -0.2) is 19.4 Å². The zero-order valence-corrected chi connectivity index (χ0v) is 26.9. The third-order valence-corrected chi connectivity index (χ3v) is 6.26. The molecule has 1 aliphatic rings. The molecule has 1 fully saturated rings. The molecule has 1 aliphatic heterocycles. The summed E-state index contributed by atoms with van der Waals surface area (Å²) in [6.45, 7) is 12.9. The first-order valence-corrected chi connectivity index (χ1v) is 14.5. The molecule has 0 unspecified atom stereocenters. The van der Waals surface area contributed by atoms with Crippen molar-refractivity contribution in [1.29, 1.82) is 0 Å². The largest absolute Gasteiger partial charge is 0.478 e. The molecule has 3 rings (SSSR count). The minimum atomic E-state index is -1.81. The van der Waals surface area contributed by atoms with Crippen LogP contribution in [0, 0.1) is 0 Å². The first kappa shape index (κ1) is 34.7. The first-order valence-electron chi connectivity index (χ1n) is 13.6. The van der Waals surface area contributed by atoms with Crippen LogP contribution < -0.4 is 21.3 Å². The van der Waals surface area contributed by atoms with Gasteiger partial charge in [0.05, 0.1) is 25.3 Å². The van der Waals surface area contributed by atoms with Crippen molar-refractivity contribution in [1.82, 2.24) is 35.9 Å². The standard InChI is InChI=1S/C26H37N9O9S/c1-24(2,3)42-22(40)27-9-13-10-28-35(33-13)11-14-16(18(36)29-14)31-19(37)17(34-44-26(7,8)20(38)39)15-12-45-21(30-15)32-23(41)43-25(4,5)6/h10,12,14,16H,9,11H2,1-8H3,(H,27,40)(H,29,36)(H,31,37)(H,38,39)(H,30,32,41)/t14-,16+/m1/s1. The SMILES string of the molecule is CC(C)(C)OC(=O)NCc1cnn(C[C@H]2NC(=O)[C@H]2NC(=O)C(=NOC(C)(C)C(=O)O)c2csc(NC(=O)OC(C)(C)C)n2)n1. The molecule has 2 aromatic heterocycles. The molecule has 0 radical (unpaired) electrons. The monoisotopic (exact) mass is 651 g/mol. The summed E-state index contributed by atoms with van der Waals surface area (Å²) in [7, 11) is 0. The third-order valence-electron chi connectivity index (χ3n) is 5.51. The van der Waals surface area contributed by atoms with Gasteiger partial charge >= 0.3 is 18.2 Å². The van der Waals surface area contributed by atoms with Crippen LogP contribution in [0.15, 0.2) is 16.7 Å². The zero-order chi connectivity index (χ0) is 33.7. The number of carbonyl (C=O) groups is 5. The number of hydrogen-bond donors (Lipinski definition) is 5. The summed E-state index contributed by atoms with van der Waals surface area (Å²) in [5.74, 6) is -2.74. The summed E-state index contributed by atoms with van der Waals surface area (Å²) in [6.07, 6.45) is 0.0369. The van der Waals surface area contributed by atoms with Crippen LogP contribution in [0.25, 0.3) is 0 Å². The van der Waals surface area contributed by atoms with Gasteiger partial charge in [-0.05, 0) is 55.4 Å². The maximum Gasteiger partial charge on any atom is 0.413 e. The summed E-state index contributed by atoms with van der Waals surface area (Å²) in [4.78, 5) is 72.0. The Balaban J connectivity index is 1.70. The molecule has 0 bridgehead atoms. The average molecular weight is 652 g/mol. The van der Waals surface area contributed by atoms with Crippen molar-refractivity contribution in [2.24, 2.45) is 5.16 Å². The number of hydrogen-bond acceptors (Lipinski definition) is 13. The molecule has 1 saturated heterocycles. The summed E-state index contributed by atoms with van der Waals surface area (Å²) >= 11 is 0.952. The predicted molar refractivity (Wildman–Crippen MR) is 158 cm³/mol. The van der Waals surface area contributed by atoms with Crippen LogP contribution in [0.4, 0.5) is 14.7 Å². The Labute approximate surface area is 262 Å². The van der Waals surface area contributed by atoms with E-state index in [1.54, 1.807) is 41.5 Å². The van der Waals surface area contributed by atoms with Crippen molar-refractivity contribution < 1.29 is 43.4 Å². The van der Waals surface area contributed by atoms with Gasteiger partial charge in [-0.3, -0.25) is 14.9 Å². The van der Waals surface area contributed by atoms with Gasteiger partial charge < -0.3 is 35.4 Å². The Morgan fingerprint density at radius 1 is 1.07 bits per heavy atom. The minimum Gasteiger partial charge on any atom is -0.478 e. The van der Waals surface area contributed by atoms with Gasteiger partial charge in [-0.2, -0.15) is 15.0 Å². The van der Waals surface area contributed by atoms with E-state index in [0.29, 0.717) is 5.69 Å². The van der Waals surface area contributed by atoms with Crippen LogP contribution in [0.1, 0.15) is 66.8 Å².